The SMILES string of the molecule is CN=C(NCc1ccc(-n2cccn2)cc1)NCc1cccc(C(F)(F)F)c1. The number of nitrogens with zero attached hydrogens (tertiary/aromatic N) is 3. The average molecular weight is 387 g/mol. The zero-order chi connectivity index (χ0) is 20.0. The molecule has 0 amide bonds. The molecule has 146 valence electrons. The van der Waals surface area contributed by atoms with Crippen LogP contribution in [0.1, 0.15) is 16.7 Å². The van der Waals surface area contributed by atoms with E-state index < -0.39 is 11.7 Å². The van der Waals surface area contributed by atoms with Crippen molar-refractivity contribution >= 4 is 5.96 Å². The number of guanidine groups is 1. The van der Waals surface area contributed by atoms with Crippen LogP contribution >= 0.6 is 0 Å². The van der Waals surface area contributed by atoms with Crippen molar-refractivity contribution < 1.29 is 13.2 Å². The highest BCUT2D eigenvalue weighted by Gasteiger charge is 2.30. The lowest BCUT2D eigenvalue weighted by Gasteiger charge is -2.13. The third kappa shape index (κ3) is 5.12. The smallest absolute Gasteiger partial charge is 0.352 e. The molecule has 0 aliphatic carbocycles. The fourth-order valence-electron chi connectivity index (χ4n) is 2.64. The minimum absolute atomic E-state index is 0.238. The van der Waals surface area contributed by atoms with E-state index in [0.29, 0.717) is 18.1 Å². The van der Waals surface area contributed by atoms with Gasteiger partial charge < -0.3 is 10.6 Å². The Kier molecular flexibility index (Phi) is 5.98. The minimum Gasteiger partial charge on any atom is -0.352 e. The van der Waals surface area contributed by atoms with Crippen molar-refractivity contribution in [2.24, 2.45) is 4.99 Å². The molecule has 28 heavy (non-hydrogen) atoms. The highest BCUT2D eigenvalue weighted by Crippen LogP contribution is 2.29. The molecule has 3 rings (SSSR count). The normalized spacial score (nSPS) is 12.1. The van der Waals surface area contributed by atoms with Crippen LogP contribution in [0.3, 0.4) is 0 Å². The molecule has 5 nitrogen and oxygen atoms in total. The second kappa shape index (κ2) is 8.60. The molecule has 0 saturated carbocycles. The Morgan fingerprint density at radius 2 is 1.71 bits per heavy atom. The van der Waals surface area contributed by atoms with Gasteiger partial charge in [-0.1, -0.05) is 24.3 Å². The van der Waals surface area contributed by atoms with Crippen LogP contribution in [-0.2, 0) is 19.3 Å². The van der Waals surface area contributed by atoms with Crippen molar-refractivity contribution in [2.75, 3.05) is 7.05 Å². The van der Waals surface area contributed by atoms with Crippen LogP contribution in [0.25, 0.3) is 5.69 Å². The van der Waals surface area contributed by atoms with Gasteiger partial charge in [-0.2, -0.15) is 18.3 Å². The Labute approximate surface area is 160 Å². The van der Waals surface area contributed by atoms with E-state index in [0.717, 1.165) is 23.4 Å². The van der Waals surface area contributed by atoms with Crippen molar-refractivity contribution in [3.05, 3.63) is 83.7 Å². The average Bonchev–Trinajstić information content (AvgIpc) is 3.23. The molecule has 0 aliphatic heterocycles. The van der Waals surface area contributed by atoms with Gasteiger partial charge in [0, 0.05) is 32.5 Å². The lowest BCUT2D eigenvalue weighted by atomic mass is 10.1. The molecule has 0 fully saturated rings. The van der Waals surface area contributed by atoms with Gasteiger partial charge in [-0.3, -0.25) is 4.99 Å². The molecule has 0 aliphatic rings. The predicted molar refractivity (Wildman–Crippen MR) is 102 cm³/mol. The van der Waals surface area contributed by atoms with E-state index in [1.165, 1.54) is 6.07 Å². The highest BCUT2D eigenvalue weighted by atomic mass is 19.4. The number of alkyl halides is 3. The predicted octanol–water partition coefficient (Wildman–Crippen LogP) is 3.76. The molecular formula is C20H20F3N5. The summed E-state index contributed by atoms with van der Waals surface area (Å²) in [5.74, 6) is 0.508. The van der Waals surface area contributed by atoms with E-state index in [9.17, 15) is 13.2 Å². The minimum atomic E-state index is -4.35. The monoisotopic (exact) mass is 387 g/mol. The number of aliphatic imine (C=N–C) groups is 1. The van der Waals surface area contributed by atoms with Gasteiger partial charge in [-0.05, 0) is 41.5 Å². The molecule has 0 unspecified atom stereocenters. The van der Waals surface area contributed by atoms with E-state index in [2.05, 4.69) is 20.7 Å². The molecule has 0 spiro atoms. The third-order valence-electron chi connectivity index (χ3n) is 4.10. The number of hydrogen-bond acceptors (Lipinski definition) is 2. The lowest BCUT2D eigenvalue weighted by molar-refractivity contribution is -0.137. The standard InChI is InChI=1S/C20H20F3N5/c1-24-19(26-14-16-4-2-5-17(12-16)20(21,22)23)25-13-15-6-8-18(9-7-15)28-11-3-10-27-28/h2-12H,13-14H2,1H3,(H2,24,25,26). The molecule has 3 aromatic rings. The Hall–Kier alpha value is -3.29. The number of nitrogens with one attached hydrogen (secondary N) is 2. The summed E-state index contributed by atoms with van der Waals surface area (Å²) in [6.45, 7) is 0.767. The van der Waals surface area contributed by atoms with Crippen LogP contribution in [0, 0.1) is 0 Å². The van der Waals surface area contributed by atoms with E-state index in [1.807, 2.05) is 36.5 Å². The van der Waals surface area contributed by atoms with E-state index in [-0.39, 0.29) is 6.54 Å². The maximum Gasteiger partial charge on any atom is 0.416 e. The van der Waals surface area contributed by atoms with Gasteiger partial charge >= 0.3 is 6.18 Å². The second-order valence-corrected chi connectivity index (χ2v) is 6.09. The summed E-state index contributed by atoms with van der Waals surface area (Å²) in [5.41, 5.74) is 1.87. The number of aromatic nitrogens is 2. The van der Waals surface area contributed by atoms with Gasteiger partial charge in [0.15, 0.2) is 5.96 Å². The number of benzene rings is 2. The van der Waals surface area contributed by atoms with Gasteiger partial charge in [-0.25, -0.2) is 4.68 Å². The maximum atomic E-state index is 12.8. The van der Waals surface area contributed by atoms with Gasteiger partial charge in [0.1, 0.15) is 0 Å². The molecule has 1 aromatic heterocycles. The van der Waals surface area contributed by atoms with E-state index in [4.69, 9.17) is 0 Å². The first-order chi connectivity index (χ1) is 13.5. The summed E-state index contributed by atoms with van der Waals surface area (Å²) in [6, 6.07) is 15.0. The van der Waals surface area contributed by atoms with Gasteiger partial charge in [-0.15, -0.1) is 0 Å². The lowest BCUT2D eigenvalue weighted by Crippen LogP contribution is -2.36. The first-order valence-corrected chi connectivity index (χ1v) is 8.65. The fraction of sp³-hybridized carbons (Fsp3) is 0.200. The summed E-state index contributed by atoms with van der Waals surface area (Å²) < 4.78 is 40.2. The number of hydrogen-bond donors (Lipinski definition) is 2. The molecule has 8 heteroatoms. The summed E-state index contributed by atoms with van der Waals surface area (Å²) in [5, 5.41) is 10.4. The zero-order valence-corrected chi connectivity index (χ0v) is 15.2. The van der Waals surface area contributed by atoms with Crippen molar-refractivity contribution in [3.8, 4) is 5.69 Å². The Balaban J connectivity index is 1.54. The second-order valence-electron chi connectivity index (χ2n) is 6.09. The van der Waals surface area contributed by atoms with Crippen LogP contribution in [-0.4, -0.2) is 22.8 Å². The Bertz CT molecular complexity index is 916. The van der Waals surface area contributed by atoms with Crippen molar-refractivity contribution in [2.45, 2.75) is 19.3 Å². The van der Waals surface area contributed by atoms with Crippen LogP contribution in [0.5, 0.6) is 0 Å². The molecule has 1 heterocycles. The molecule has 0 radical (unpaired) electrons. The molecule has 0 atom stereocenters. The molecule has 2 aromatic carbocycles. The topological polar surface area (TPSA) is 54.2 Å². The summed E-state index contributed by atoms with van der Waals surface area (Å²) in [6.07, 6.45) is -0.763. The maximum absolute atomic E-state index is 12.8. The van der Waals surface area contributed by atoms with Crippen molar-refractivity contribution in [1.29, 1.82) is 0 Å². The van der Waals surface area contributed by atoms with Crippen molar-refractivity contribution in [3.63, 3.8) is 0 Å². The van der Waals surface area contributed by atoms with Gasteiger partial charge in [0.2, 0.25) is 0 Å². The first-order valence-electron chi connectivity index (χ1n) is 8.65. The van der Waals surface area contributed by atoms with Crippen LogP contribution in [0.4, 0.5) is 13.2 Å². The first kappa shape index (κ1) is 19.5. The Morgan fingerprint density at radius 1 is 1.00 bits per heavy atom. The summed E-state index contributed by atoms with van der Waals surface area (Å²) >= 11 is 0. The van der Waals surface area contributed by atoms with E-state index >= 15 is 0 Å². The molecule has 2 N–H and O–H groups in total. The Morgan fingerprint density at radius 3 is 2.32 bits per heavy atom. The largest absolute Gasteiger partial charge is 0.416 e. The fourth-order valence-corrected chi connectivity index (χ4v) is 2.64. The van der Waals surface area contributed by atoms with Crippen LogP contribution < -0.4 is 10.6 Å². The molecule has 0 saturated heterocycles. The van der Waals surface area contributed by atoms with Gasteiger partial charge in [0.05, 0.1) is 11.3 Å². The highest BCUT2D eigenvalue weighted by molar-refractivity contribution is 5.79. The van der Waals surface area contributed by atoms with E-state index in [1.54, 1.807) is 24.0 Å². The third-order valence-corrected chi connectivity index (χ3v) is 4.10. The number of halogens is 3. The van der Waals surface area contributed by atoms with Crippen LogP contribution in [0.2, 0.25) is 0 Å². The summed E-state index contributed by atoms with van der Waals surface area (Å²) in [4.78, 5) is 4.11. The van der Waals surface area contributed by atoms with Crippen LogP contribution in [0.15, 0.2) is 72.0 Å². The quantitative estimate of drug-likeness (QED) is 0.518. The number of rotatable bonds is 5. The van der Waals surface area contributed by atoms with Gasteiger partial charge in [0.25, 0.3) is 0 Å². The summed E-state index contributed by atoms with van der Waals surface area (Å²) in [7, 11) is 1.61. The molecular weight excluding hydrogens is 367 g/mol. The molecule has 0 bridgehead atoms. The zero-order valence-electron chi connectivity index (χ0n) is 15.2. The van der Waals surface area contributed by atoms with Crippen molar-refractivity contribution in [1.82, 2.24) is 20.4 Å².